The van der Waals surface area contributed by atoms with Crippen LogP contribution in [0.4, 0.5) is 0 Å². The molecule has 1 aromatic rings. The smallest absolute Gasteiger partial charge is 0.220 e. The summed E-state index contributed by atoms with van der Waals surface area (Å²) in [4.78, 5) is 12.0. The highest BCUT2D eigenvalue weighted by atomic mass is 32.2. The van der Waals surface area contributed by atoms with Crippen molar-refractivity contribution in [2.75, 3.05) is 11.5 Å². The first-order chi connectivity index (χ1) is 10.2. The van der Waals surface area contributed by atoms with Crippen LogP contribution in [0.15, 0.2) is 24.3 Å². The lowest BCUT2D eigenvalue weighted by molar-refractivity contribution is -0.122. The van der Waals surface area contributed by atoms with E-state index >= 15 is 0 Å². The highest BCUT2D eigenvalue weighted by Crippen LogP contribution is 2.31. The van der Waals surface area contributed by atoms with Gasteiger partial charge < -0.3 is 5.32 Å². The number of benzene rings is 1. The lowest BCUT2D eigenvalue weighted by Crippen LogP contribution is -2.25. The molecule has 0 bridgehead atoms. The van der Waals surface area contributed by atoms with E-state index in [-0.39, 0.29) is 16.4 Å². The second-order valence-corrected chi connectivity index (χ2v) is 7.51. The SMILES string of the molecule is CCc1ccc(CNC(=O)CC2CCS(=CC#N)C2)cc1. The van der Waals surface area contributed by atoms with E-state index in [1.54, 1.807) is 5.37 Å². The van der Waals surface area contributed by atoms with Crippen LogP contribution in [0.25, 0.3) is 0 Å². The van der Waals surface area contributed by atoms with Crippen LogP contribution < -0.4 is 5.32 Å². The number of nitrogens with one attached hydrogen (secondary N) is 1. The summed E-state index contributed by atoms with van der Waals surface area (Å²) in [5.41, 5.74) is 2.46. The predicted octanol–water partition coefficient (Wildman–Crippen LogP) is 2.87. The van der Waals surface area contributed by atoms with Crippen molar-refractivity contribution < 1.29 is 4.79 Å². The fraction of sp³-hybridized carbons (Fsp3) is 0.471. The number of rotatable bonds is 5. The Kier molecular flexibility index (Phi) is 6.01. The van der Waals surface area contributed by atoms with E-state index in [2.05, 4.69) is 42.6 Å². The van der Waals surface area contributed by atoms with E-state index in [9.17, 15) is 4.79 Å². The minimum absolute atomic E-state index is 0.116. The first-order valence-corrected chi connectivity index (χ1v) is 9.07. The topological polar surface area (TPSA) is 52.9 Å². The average Bonchev–Trinajstić information content (AvgIpc) is 2.93. The molecule has 1 amide bonds. The van der Waals surface area contributed by atoms with E-state index in [0.29, 0.717) is 18.9 Å². The van der Waals surface area contributed by atoms with Gasteiger partial charge in [-0.3, -0.25) is 4.79 Å². The van der Waals surface area contributed by atoms with E-state index in [4.69, 9.17) is 5.26 Å². The molecule has 0 radical (unpaired) electrons. The van der Waals surface area contributed by atoms with Gasteiger partial charge in [0.05, 0.1) is 6.07 Å². The summed E-state index contributed by atoms with van der Waals surface area (Å²) >= 11 is 0. The van der Waals surface area contributed by atoms with Gasteiger partial charge >= 0.3 is 0 Å². The Hall–Kier alpha value is -1.60. The quantitative estimate of drug-likeness (QED) is 0.850. The zero-order chi connectivity index (χ0) is 15.1. The monoisotopic (exact) mass is 302 g/mol. The van der Waals surface area contributed by atoms with Crippen molar-refractivity contribution in [3.05, 3.63) is 35.4 Å². The largest absolute Gasteiger partial charge is 0.352 e. The lowest BCUT2D eigenvalue weighted by atomic mass is 10.0. The number of hydrogen-bond donors (Lipinski definition) is 1. The molecule has 2 rings (SSSR count). The summed E-state index contributed by atoms with van der Waals surface area (Å²) in [5, 5.41) is 13.4. The van der Waals surface area contributed by atoms with Crippen LogP contribution in [-0.4, -0.2) is 22.8 Å². The van der Waals surface area contributed by atoms with Crippen molar-refractivity contribution in [1.29, 1.82) is 5.26 Å². The molecule has 0 saturated carbocycles. The van der Waals surface area contributed by atoms with E-state index in [0.717, 1.165) is 29.9 Å². The van der Waals surface area contributed by atoms with Gasteiger partial charge in [0.25, 0.3) is 0 Å². The molecule has 1 aliphatic rings. The molecule has 1 aromatic carbocycles. The van der Waals surface area contributed by atoms with Crippen LogP contribution in [0.5, 0.6) is 0 Å². The Morgan fingerprint density at radius 3 is 2.81 bits per heavy atom. The highest BCUT2D eigenvalue weighted by Gasteiger charge is 2.21. The highest BCUT2D eigenvalue weighted by molar-refractivity contribution is 8.15. The number of carbonyl (C=O) groups is 1. The number of amides is 1. The Morgan fingerprint density at radius 2 is 2.14 bits per heavy atom. The number of nitrogens with zero attached hydrogens (tertiary/aromatic N) is 1. The third-order valence-corrected chi connectivity index (χ3v) is 5.95. The van der Waals surface area contributed by atoms with Crippen LogP contribution in [0.2, 0.25) is 0 Å². The maximum atomic E-state index is 12.0. The molecular formula is C17H22N2OS. The van der Waals surface area contributed by atoms with Crippen LogP contribution in [0.3, 0.4) is 0 Å². The van der Waals surface area contributed by atoms with Crippen molar-refractivity contribution in [2.24, 2.45) is 5.92 Å². The summed E-state index contributed by atoms with van der Waals surface area (Å²) in [5.74, 6) is 2.65. The molecule has 0 aromatic heterocycles. The van der Waals surface area contributed by atoms with Crippen molar-refractivity contribution in [1.82, 2.24) is 5.32 Å². The molecule has 21 heavy (non-hydrogen) atoms. The molecule has 2 unspecified atom stereocenters. The molecule has 1 heterocycles. The van der Waals surface area contributed by atoms with Crippen molar-refractivity contribution >= 4 is 21.8 Å². The summed E-state index contributed by atoms with van der Waals surface area (Å²) < 4.78 is 0. The Labute approximate surface area is 129 Å². The van der Waals surface area contributed by atoms with Gasteiger partial charge in [0, 0.05) is 18.3 Å². The van der Waals surface area contributed by atoms with Gasteiger partial charge in [-0.1, -0.05) is 31.2 Å². The van der Waals surface area contributed by atoms with Gasteiger partial charge in [-0.2, -0.15) is 15.7 Å². The van der Waals surface area contributed by atoms with Crippen molar-refractivity contribution in [3.63, 3.8) is 0 Å². The third-order valence-electron chi connectivity index (χ3n) is 3.85. The van der Waals surface area contributed by atoms with Gasteiger partial charge in [0.1, 0.15) is 0 Å². The minimum atomic E-state index is 0.116. The second-order valence-electron chi connectivity index (χ2n) is 5.46. The standard InChI is InChI=1S/C17H22N2OS/c1-2-14-3-5-15(6-4-14)12-19-17(20)11-16-7-9-21(13-16)10-8-18/h3-6,10,16H,2,7,9,11-13H2,1H3,(H,19,20). The molecular weight excluding hydrogens is 280 g/mol. The summed E-state index contributed by atoms with van der Waals surface area (Å²) in [6.45, 7) is 2.74. The van der Waals surface area contributed by atoms with Crippen molar-refractivity contribution in [3.8, 4) is 6.07 Å². The van der Waals surface area contributed by atoms with Gasteiger partial charge in [-0.25, -0.2) is 0 Å². The number of hydrogen-bond acceptors (Lipinski definition) is 2. The van der Waals surface area contributed by atoms with Gasteiger partial charge in [0.15, 0.2) is 0 Å². The van der Waals surface area contributed by atoms with E-state index < -0.39 is 0 Å². The summed E-state index contributed by atoms with van der Waals surface area (Å²) in [6, 6.07) is 10.5. The normalized spacial score (nSPS) is 21.1. The molecule has 4 heteroatoms. The number of carbonyl (C=O) groups excluding carboxylic acids is 1. The molecule has 2 atom stereocenters. The van der Waals surface area contributed by atoms with Crippen LogP contribution >= 0.6 is 10.5 Å². The number of nitriles is 1. The second kappa shape index (κ2) is 7.99. The molecule has 1 N–H and O–H groups in total. The minimum Gasteiger partial charge on any atom is -0.352 e. The first kappa shape index (κ1) is 15.8. The fourth-order valence-corrected chi connectivity index (χ4v) is 4.61. The maximum Gasteiger partial charge on any atom is 0.220 e. The molecule has 0 aliphatic carbocycles. The first-order valence-electron chi connectivity index (χ1n) is 7.45. The molecule has 1 aliphatic heterocycles. The Bertz CT molecular complexity index is 557. The van der Waals surface area contributed by atoms with E-state index in [1.165, 1.54) is 5.56 Å². The molecule has 1 saturated heterocycles. The lowest BCUT2D eigenvalue weighted by Gasteiger charge is -2.09. The van der Waals surface area contributed by atoms with Crippen molar-refractivity contribution in [2.45, 2.75) is 32.7 Å². The predicted molar refractivity (Wildman–Crippen MR) is 89.4 cm³/mol. The average molecular weight is 302 g/mol. The zero-order valence-corrected chi connectivity index (χ0v) is 13.3. The molecule has 1 fully saturated rings. The summed E-state index contributed by atoms with van der Waals surface area (Å²) in [7, 11) is 0.116. The number of aryl methyl sites for hydroxylation is 1. The van der Waals surface area contributed by atoms with Gasteiger partial charge in [-0.05, 0) is 41.4 Å². The third kappa shape index (κ3) is 5.02. The van der Waals surface area contributed by atoms with Crippen LogP contribution in [-0.2, 0) is 17.8 Å². The van der Waals surface area contributed by atoms with E-state index in [1.807, 2.05) is 0 Å². The fourth-order valence-electron chi connectivity index (χ4n) is 2.56. The molecule has 112 valence electrons. The summed E-state index contributed by atoms with van der Waals surface area (Å²) in [6.07, 6.45) is 2.70. The molecule has 3 nitrogen and oxygen atoms in total. The Balaban J connectivity index is 1.75. The molecule has 0 spiro atoms. The van der Waals surface area contributed by atoms with Crippen LogP contribution in [0, 0.1) is 17.2 Å². The maximum absolute atomic E-state index is 12.0. The Morgan fingerprint density at radius 1 is 1.43 bits per heavy atom. The zero-order valence-electron chi connectivity index (χ0n) is 12.5. The van der Waals surface area contributed by atoms with Gasteiger partial charge in [0.2, 0.25) is 5.91 Å². The van der Waals surface area contributed by atoms with Crippen LogP contribution in [0.1, 0.15) is 30.9 Å². The van der Waals surface area contributed by atoms with Gasteiger partial charge in [-0.15, -0.1) is 0 Å².